The molecule has 1 aromatic heterocycles. The molecule has 1 N–H and O–H groups in total. The Hall–Kier alpha value is -2.42. The van der Waals surface area contributed by atoms with Crippen molar-refractivity contribution in [1.29, 1.82) is 0 Å². The van der Waals surface area contributed by atoms with E-state index in [2.05, 4.69) is 10.2 Å². The minimum atomic E-state index is -0.790. The summed E-state index contributed by atoms with van der Waals surface area (Å²) >= 11 is 1.32. The first-order valence-corrected chi connectivity index (χ1v) is 11.4. The zero-order valence-corrected chi connectivity index (χ0v) is 17.5. The number of halogens is 1. The van der Waals surface area contributed by atoms with Crippen molar-refractivity contribution in [3.05, 3.63) is 30.1 Å². The Bertz CT molecular complexity index is 921. The molecule has 1 aromatic carbocycles. The molecule has 7 nitrogen and oxygen atoms in total. The van der Waals surface area contributed by atoms with Gasteiger partial charge in [-0.15, -0.1) is 10.2 Å². The number of hydrogen-bond acceptors (Lipinski definition) is 5. The third kappa shape index (κ3) is 4.35. The van der Waals surface area contributed by atoms with Crippen LogP contribution in [0.5, 0.6) is 0 Å². The monoisotopic (exact) mass is 432 g/mol. The topological polar surface area (TPSA) is 88.3 Å². The third-order valence-electron chi connectivity index (χ3n) is 5.99. The van der Waals surface area contributed by atoms with Gasteiger partial charge < -0.3 is 10.0 Å². The van der Waals surface area contributed by atoms with Crippen LogP contribution in [0.4, 0.5) is 4.39 Å². The molecule has 1 amide bonds. The Morgan fingerprint density at radius 1 is 1.10 bits per heavy atom. The number of hydrogen-bond donors (Lipinski definition) is 1. The number of thioether (sulfide) groups is 1. The SMILES string of the molecule is O=C(O)C1CCN(C(=O)CSc2nnc(-c3ccccc3F)n2C2CCCC2)CC1. The minimum absolute atomic E-state index is 0.0303. The molecule has 0 bridgehead atoms. The van der Waals surface area contributed by atoms with E-state index in [4.69, 9.17) is 5.11 Å². The van der Waals surface area contributed by atoms with E-state index < -0.39 is 5.97 Å². The van der Waals surface area contributed by atoms with Crippen molar-refractivity contribution in [3.8, 4) is 11.4 Å². The lowest BCUT2D eigenvalue weighted by Crippen LogP contribution is -2.41. The molecule has 9 heteroatoms. The highest BCUT2D eigenvalue weighted by molar-refractivity contribution is 7.99. The van der Waals surface area contributed by atoms with Gasteiger partial charge in [0.15, 0.2) is 11.0 Å². The summed E-state index contributed by atoms with van der Waals surface area (Å²) in [4.78, 5) is 25.5. The van der Waals surface area contributed by atoms with Gasteiger partial charge in [0.2, 0.25) is 5.91 Å². The first-order valence-electron chi connectivity index (χ1n) is 10.4. The van der Waals surface area contributed by atoms with Crippen LogP contribution in [0.15, 0.2) is 29.4 Å². The fraction of sp³-hybridized carbons (Fsp3) is 0.524. The number of carbonyl (C=O) groups is 2. The third-order valence-corrected chi connectivity index (χ3v) is 6.92. The molecule has 1 saturated heterocycles. The fourth-order valence-electron chi connectivity index (χ4n) is 4.29. The van der Waals surface area contributed by atoms with Gasteiger partial charge in [-0.1, -0.05) is 36.7 Å². The molecule has 2 heterocycles. The molecule has 4 rings (SSSR count). The standard InChI is InChI=1S/C21H25FN4O3S/c22-17-8-4-3-7-16(17)19-23-24-21(26(19)15-5-1-2-6-15)30-13-18(27)25-11-9-14(10-12-25)20(28)29/h3-4,7-8,14-15H,1-2,5-6,9-13H2,(H,28,29). The van der Waals surface area contributed by atoms with Crippen molar-refractivity contribution in [3.63, 3.8) is 0 Å². The van der Waals surface area contributed by atoms with Gasteiger partial charge in [0, 0.05) is 19.1 Å². The van der Waals surface area contributed by atoms with Gasteiger partial charge in [0.25, 0.3) is 0 Å². The maximum Gasteiger partial charge on any atom is 0.306 e. The zero-order chi connectivity index (χ0) is 21.1. The summed E-state index contributed by atoms with van der Waals surface area (Å²) in [6.45, 7) is 0.929. The van der Waals surface area contributed by atoms with Crippen LogP contribution in [-0.4, -0.2) is 55.5 Å². The Labute approximate surface area is 178 Å². The van der Waals surface area contributed by atoms with Crippen molar-refractivity contribution in [2.45, 2.75) is 49.7 Å². The van der Waals surface area contributed by atoms with E-state index in [9.17, 15) is 14.0 Å². The number of piperidine rings is 1. The van der Waals surface area contributed by atoms with Gasteiger partial charge in [-0.25, -0.2) is 4.39 Å². The van der Waals surface area contributed by atoms with Gasteiger partial charge in [0.1, 0.15) is 5.82 Å². The molecule has 2 aromatic rings. The molecular formula is C21H25FN4O3S. The molecule has 30 heavy (non-hydrogen) atoms. The van der Waals surface area contributed by atoms with E-state index in [1.807, 2.05) is 4.57 Å². The molecule has 1 aliphatic carbocycles. The summed E-state index contributed by atoms with van der Waals surface area (Å²) in [5.74, 6) is -0.801. The molecule has 160 valence electrons. The predicted octanol–water partition coefficient (Wildman–Crippen LogP) is 3.61. The first-order chi connectivity index (χ1) is 14.5. The van der Waals surface area contributed by atoms with Crippen LogP contribution >= 0.6 is 11.8 Å². The van der Waals surface area contributed by atoms with Crippen molar-refractivity contribution in [2.24, 2.45) is 5.92 Å². The van der Waals surface area contributed by atoms with Crippen LogP contribution in [0.2, 0.25) is 0 Å². The lowest BCUT2D eigenvalue weighted by Gasteiger charge is -2.30. The van der Waals surface area contributed by atoms with Crippen molar-refractivity contribution >= 4 is 23.6 Å². The number of amides is 1. The summed E-state index contributed by atoms with van der Waals surface area (Å²) in [6.07, 6.45) is 5.18. The summed E-state index contributed by atoms with van der Waals surface area (Å²) < 4.78 is 16.4. The average Bonchev–Trinajstić information content (AvgIpc) is 3.42. The number of likely N-dealkylation sites (tertiary alicyclic amines) is 1. The second-order valence-corrected chi connectivity index (χ2v) is 8.82. The number of carboxylic acids is 1. The fourth-order valence-corrected chi connectivity index (χ4v) is 5.20. The number of carboxylic acid groups (broad SMARTS) is 1. The van der Waals surface area contributed by atoms with Crippen LogP contribution in [0, 0.1) is 11.7 Å². The van der Waals surface area contributed by atoms with Gasteiger partial charge >= 0.3 is 5.97 Å². The minimum Gasteiger partial charge on any atom is -0.481 e. The highest BCUT2D eigenvalue weighted by Crippen LogP contribution is 2.37. The van der Waals surface area contributed by atoms with Crippen LogP contribution < -0.4 is 0 Å². The number of carbonyl (C=O) groups excluding carboxylic acids is 1. The van der Waals surface area contributed by atoms with Gasteiger partial charge in [0.05, 0.1) is 17.2 Å². The number of aromatic nitrogens is 3. The summed E-state index contributed by atoms with van der Waals surface area (Å²) in [6, 6.07) is 6.76. The van der Waals surface area contributed by atoms with E-state index in [0.29, 0.717) is 42.5 Å². The zero-order valence-electron chi connectivity index (χ0n) is 16.7. The van der Waals surface area contributed by atoms with E-state index in [1.54, 1.807) is 23.1 Å². The second kappa shape index (κ2) is 9.16. The molecular weight excluding hydrogens is 407 g/mol. The van der Waals surface area contributed by atoms with Gasteiger partial charge in [-0.2, -0.15) is 0 Å². The normalized spacial score (nSPS) is 18.1. The lowest BCUT2D eigenvalue weighted by molar-refractivity contribution is -0.145. The number of benzene rings is 1. The van der Waals surface area contributed by atoms with Crippen LogP contribution in [-0.2, 0) is 9.59 Å². The van der Waals surface area contributed by atoms with E-state index >= 15 is 0 Å². The summed E-state index contributed by atoms with van der Waals surface area (Å²) in [5.41, 5.74) is 0.422. The van der Waals surface area contributed by atoms with Crippen LogP contribution in [0.1, 0.15) is 44.6 Å². The van der Waals surface area contributed by atoms with Crippen LogP contribution in [0.3, 0.4) is 0 Å². The Kier molecular flexibility index (Phi) is 6.36. The molecule has 0 unspecified atom stereocenters. The molecule has 1 saturated carbocycles. The average molecular weight is 433 g/mol. The molecule has 2 aliphatic rings. The van der Waals surface area contributed by atoms with Gasteiger partial charge in [-0.3, -0.25) is 14.2 Å². The van der Waals surface area contributed by atoms with E-state index in [-0.39, 0.29) is 29.4 Å². The molecule has 1 aliphatic heterocycles. The largest absolute Gasteiger partial charge is 0.481 e. The maximum atomic E-state index is 14.4. The van der Waals surface area contributed by atoms with E-state index in [0.717, 1.165) is 25.7 Å². The van der Waals surface area contributed by atoms with Crippen molar-refractivity contribution in [1.82, 2.24) is 19.7 Å². The highest BCUT2D eigenvalue weighted by atomic mass is 32.2. The Balaban J connectivity index is 1.48. The van der Waals surface area contributed by atoms with E-state index in [1.165, 1.54) is 17.8 Å². The Morgan fingerprint density at radius 3 is 2.47 bits per heavy atom. The quantitative estimate of drug-likeness (QED) is 0.702. The second-order valence-electron chi connectivity index (χ2n) is 7.88. The highest BCUT2D eigenvalue weighted by Gasteiger charge is 2.29. The number of aliphatic carboxylic acids is 1. The summed E-state index contributed by atoms with van der Waals surface area (Å²) in [7, 11) is 0. The number of nitrogens with zero attached hydrogens (tertiary/aromatic N) is 4. The predicted molar refractivity (Wildman–Crippen MR) is 111 cm³/mol. The first kappa shape index (κ1) is 20.8. The maximum absolute atomic E-state index is 14.4. The van der Waals surface area contributed by atoms with Gasteiger partial charge in [-0.05, 0) is 37.8 Å². The molecule has 0 spiro atoms. The summed E-state index contributed by atoms with van der Waals surface area (Å²) in [5, 5.41) is 18.3. The lowest BCUT2D eigenvalue weighted by atomic mass is 9.97. The van der Waals surface area contributed by atoms with Crippen LogP contribution in [0.25, 0.3) is 11.4 Å². The molecule has 0 atom stereocenters. The smallest absolute Gasteiger partial charge is 0.306 e. The Morgan fingerprint density at radius 2 is 1.80 bits per heavy atom. The number of rotatable bonds is 6. The van der Waals surface area contributed by atoms with Crippen molar-refractivity contribution < 1.29 is 19.1 Å². The van der Waals surface area contributed by atoms with Crippen molar-refractivity contribution in [2.75, 3.05) is 18.8 Å². The molecule has 0 radical (unpaired) electrons. The molecule has 2 fully saturated rings.